The van der Waals surface area contributed by atoms with Crippen molar-refractivity contribution in [3.05, 3.63) is 0 Å². The number of ether oxygens (including phenoxy) is 1. The molecule has 7 nitrogen and oxygen atoms in total. The van der Waals surface area contributed by atoms with Crippen molar-refractivity contribution in [2.75, 3.05) is 41.1 Å². The topological polar surface area (TPSA) is 82.1 Å². The van der Waals surface area contributed by atoms with Gasteiger partial charge in [-0.2, -0.15) is 0 Å². The molecule has 1 N–H and O–H groups in total. The number of nitrogens with zero attached hydrogens (tertiary/aromatic N) is 1. The van der Waals surface area contributed by atoms with Crippen molar-refractivity contribution >= 4 is 13.8 Å². The molecule has 0 aromatic carbocycles. The molecule has 108 valence electrons. The molecule has 0 radical (unpaired) electrons. The molecule has 0 rings (SSSR count). The van der Waals surface area contributed by atoms with Crippen LogP contribution in [0.1, 0.15) is 13.8 Å². The van der Waals surface area contributed by atoms with E-state index in [-0.39, 0.29) is 31.8 Å². The first-order valence-corrected chi connectivity index (χ1v) is 7.12. The second-order valence-electron chi connectivity index (χ2n) is 5.17. The fourth-order valence-corrected chi connectivity index (χ4v) is 1.62. The minimum absolute atomic E-state index is 0.0412. The van der Waals surface area contributed by atoms with E-state index in [4.69, 9.17) is 9.26 Å². The molecule has 0 saturated carbocycles. The fraction of sp³-hybridized carbons (Fsp3) is 0.900. The maximum absolute atomic E-state index is 11.4. The lowest BCUT2D eigenvalue weighted by atomic mass is 10.2. The van der Waals surface area contributed by atoms with Crippen LogP contribution >= 0.6 is 7.82 Å². The molecule has 0 saturated heterocycles. The lowest BCUT2D eigenvalue weighted by molar-refractivity contribution is -0.887. The normalized spacial score (nSPS) is 15.5. The van der Waals surface area contributed by atoms with Gasteiger partial charge in [-0.3, -0.25) is 9.32 Å². The van der Waals surface area contributed by atoms with E-state index in [9.17, 15) is 14.3 Å². The van der Waals surface area contributed by atoms with Gasteiger partial charge < -0.3 is 14.1 Å². The van der Waals surface area contributed by atoms with Crippen LogP contribution in [-0.4, -0.2) is 56.4 Å². The average Bonchev–Trinajstić information content (AvgIpc) is 2.20. The van der Waals surface area contributed by atoms with Crippen molar-refractivity contribution in [2.24, 2.45) is 5.92 Å². The summed E-state index contributed by atoms with van der Waals surface area (Å²) in [6, 6.07) is 0. The van der Waals surface area contributed by atoms with Crippen molar-refractivity contribution < 1.29 is 32.5 Å². The lowest BCUT2D eigenvalue weighted by Crippen LogP contribution is -2.36. The summed E-state index contributed by atoms with van der Waals surface area (Å²) in [4.78, 5) is 20.4. The van der Waals surface area contributed by atoms with E-state index in [1.54, 1.807) is 13.8 Å². The number of carbonyl (C=O) groups excluding carboxylic acids is 1. The first kappa shape index (κ1) is 17.5. The number of hydrogen-bond acceptors (Lipinski definition) is 5. The van der Waals surface area contributed by atoms with Crippen molar-refractivity contribution in [1.82, 2.24) is 0 Å². The van der Waals surface area contributed by atoms with Crippen LogP contribution in [0.3, 0.4) is 0 Å². The Balaban J connectivity index is 3.84. The van der Waals surface area contributed by atoms with Gasteiger partial charge in [0.15, 0.2) is 6.73 Å². The molecule has 0 heterocycles. The molecule has 1 atom stereocenters. The summed E-state index contributed by atoms with van der Waals surface area (Å²) in [5, 5.41) is 0. The molecule has 1 unspecified atom stereocenters. The number of quaternary nitrogens is 1. The number of hydrogen-bond donors (Lipinski definition) is 1. The zero-order valence-electron chi connectivity index (χ0n) is 11.6. The van der Waals surface area contributed by atoms with E-state index in [0.29, 0.717) is 4.48 Å². The summed E-state index contributed by atoms with van der Waals surface area (Å²) in [7, 11) is 1.35. The van der Waals surface area contributed by atoms with Crippen molar-refractivity contribution in [3.8, 4) is 0 Å². The predicted molar refractivity (Wildman–Crippen MR) is 65.6 cm³/mol. The molecule has 18 heavy (non-hydrogen) atoms. The van der Waals surface area contributed by atoms with Gasteiger partial charge in [-0.25, -0.2) is 9.09 Å². The van der Waals surface area contributed by atoms with E-state index >= 15 is 0 Å². The van der Waals surface area contributed by atoms with Crippen LogP contribution in [0.2, 0.25) is 0 Å². The highest BCUT2D eigenvalue weighted by molar-refractivity contribution is 7.47. The van der Waals surface area contributed by atoms with Gasteiger partial charge in [0.2, 0.25) is 0 Å². The summed E-state index contributed by atoms with van der Waals surface area (Å²) < 4.78 is 26.0. The van der Waals surface area contributed by atoms with Gasteiger partial charge in [0.1, 0.15) is 6.61 Å². The van der Waals surface area contributed by atoms with Crippen LogP contribution in [0.25, 0.3) is 0 Å². The van der Waals surface area contributed by atoms with Crippen molar-refractivity contribution in [3.63, 3.8) is 0 Å². The molecule has 0 aliphatic rings. The Kier molecular flexibility index (Phi) is 7.02. The number of rotatable bonds is 8. The van der Waals surface area contributed by atoms with Gasteiger partial charge >= 0.3 is 13.8 Å². The maximum Gasteiger partial charge on any atom is 0.476 e. The van der Waals surface area contributed by atoms with Crippen LogP contribution in [0, 0.1) is 5.92 Å². The fourth-order valence-electron chi connectivity index (χ4n) is 0.745. The molecule has 0 aliphatic heterocycles. The Morgan fingerprint density at radius 3 is 2.22 bits per heavy atom. The van der Waals surface area contributed by atoms with Gasteiger partial charge in [-0.1, -0.05) is 13.8 Å². The molecule has 0 spiro atoms. The summed E-state index contributed by atoms with van der Waals surface area (Å²) in [5.41, 5.74) is 0. The van der Waals surface area contributed by atoms with Gasteiger partial charge in [0.25, 0.3) is 0 Å². The van der Waals surface area contributed by atoms with E-state index in [1.165, 1.54) is 0 Å². The molecular formula is C10H23NO6P+. The molecule has 0 fully saturated rings. The van der Waals surface area contributed by atoms with Gasteiger partial charge in [-0.05, 0) is 0 Å². The SMILES string of the molecule is CC(C)C(=O)OCCOP(=O)(O)OC[N+](C)(C)C. The zero-order valence-corrected chi connectivity index (χ0v) is 12.5. The number of phosphoric ester groups is 1. The van der Waals surface area contributed by atoms with Crippen LogP contribution in [-0.2, 0) is 23.1 Å². The highest BCUT2D eigenvalue weighted by atomic mass is 31.2. The Morgan fingerprint density at radius 1 is 1.22 bits per heavy atom. The van der Waals surface area contributed by atoms with Crippen LogP contribution < -0.4 is 0 Å². The third-order valence-corrected chi connectivity index (χ3v) is 2.61. The Labute approximate surface area is 108 Å². The minimum Gasteiger partial charge on any atom is -0.463 e. The average molecular weight is 284 g/mol. The van der Waals surface area contributed by atoms with E-state index in [1.807, 2.05) is 21.1 Å². The third kappa shape index (κ3) is 9.56. The maximum atomic E-state index is 11.4. The van der Waals surface area contributed by atoms with Gasteiger partial charge in [-0.15, -0.1) is 0 Å². The van der Waals surface area contributed by atoms with Crippen molar-refractivity contribution in [2.45, 2.75) is 13.8 Å². The van der Waals surface area contributed by atoms with Crippen LogP contribution in [0.5, 0.6) is 0 Å². The second kappa shape index (κ2) is 7.21. The first-order valence-electron chi connectivity index (χ1n) is 5.62. The van der Waals surface area contributed by atoms with Crippen molar-refractivity contribution in [1.29, 1.82) is 0 Å². The molecule has 8 heteroatoms. The monoisotopic (exact) mass is 284 g/mol. The van der Waals surface area contributed by atoms with Gasteiger partial charge in [0.05, 0.1) is 33.7 Å². The predicted octanol–water partition coefficient (Wildman–Crippen LogP) is 0.983. The zero-order chi connectivity index (χ0) is 14.4. The summed E-state index contributed by atoms with van der Waals surface area (Å²) in [6.07, 6.45) is 0. The number of phosphoric acid groups is 1. The highest BCUT2D eigenvalue weighted by Gasteiger charge is 2.24. The van der Waals surface area contributed by atoms with Crippen LogP contribution in [0.15, 0.2) is 0 Å². The van der Waals surface area contributed by atoms with E-state index < -0.39 is 7.82 Å². The minimum atomic E-state index is -4.08. The number of esters is 1. The largest absolute Gasteiger partial charge is 0.476 e. The second-order valence-corrected chi connectivity index (χ2v) is 6.63. The van der Waals surface area contributed by atoms with E-state index in [2.05, 4.69) is 4.52 Å². The standard InChI is InChI=1S/C10H22NO6P/c1-9(2)10(12)15-6-7-16-18(13,14)17-8-11(3,4)5/h9H,6-8H2,1-5H3/p+1. The van der Waals surface area contributed by atoms with Crippen LogP contribution in [0.4, 0.5) is 0 Å². The lowest BCUT2D eigenvalue weighted by Gasteiger charge is -2.24. The summed E-state index contributed by atoms with van der Waals surface area (Å²) >= 11 is 0. The van der Waals surface area contributed by atoms with Gasteiger partial charge in [0, 0.05) is 0 Å². The molecule has 0 aromatic rings. The highest BCUT2D eigenvalue weighted by Crippen LogP contribution is 2.43. The smallest absolute Gasteiger partial charge is 0.463 e. The third-order valence-electron chi connectivity index (χ3n) is 1.66. The Bertz CT molecular complexity index is 312. The van der Waals surface area contributed by atoms with E-state index in [0.717, 1.165) is 0 Å². The first-order chi connectivity index (χ1) is 8.03. The summed E-state index contributed by atoms with van der Waals surface area (Å²) in [6.45, 7) is 3.19. The molecule has 0 amide bonds. The molecular weight excluding hydrogens is 261 g/mol. The molecule has 0 aromatic heterocycles. The summed E-state index contributed by atoms with van der Waals surface area (Å²) in [5.74, 6) is -0.612. The number of carbonyl (C=O) groups is 1. The Morgan fingerprint density at radius 2 is 1.78 bits per heavy atom. The molecule has 0 aliphatic carbocycles. The quantitative estimate of drug-likeness (QED) is 0.235. The Hall–Kier alpha value is -0.460. The molecule has 0 bridgehead atoms.